The topological polar surface area (TPSA) is 16.4 Å². The monoisotopic (exact) mass is 501 g/mol. The Kier molecular flexibility index (Phi) is 4.60. The lowest BCUT2D eigenvalue weighted by atomic mass is 9.73. The first-order chi connectivity index (χ1) is 19.1. The van der Waals surface area contributed by atoms with Gasteiger partial charge < -0.3 is 9.32 Å². The van der Waals surface area contributed by atoms with Crippen molar-refractivity contribution in [2.45, 2.75) is 19.3 Å². The van der Waals surface area contributed by atoms with E-state index in [1.54, 1.807) is 0 Å². The van der Waals surface area contributed by atoms with E-state index < -0.39 is 0 Å². The molecule has 0 bridgehead atoms. The van der Waals surface area contributed by atoms with Gasteiger partial charge in [0.1, 0.15) is 11.2 Å². The predicted octanol–water partition coefficient (Wildman–Crippen LogP) is 10.5. The van der Waals surface area contributed by atoms with Crippen LogP contribution in [0.15, 0.2) is 132 Å². The van der Waals surface area contributed by atoms with E-state index in [2.05, 4.69) is 146 Å². The minimum absolute atomic E-state index is 0.140. The molecule has 0 radical (unpaired) electrons. The fourth-order valence-electron chi connectivity index (χ4n) is 6.38. The number of fused-ring (bicyclic) bond motifs is 6. The second-order valence-electron chi connectivity index (χ2n) is 11.1. The normalized spacial score (nSPS) is 14.1. The summed E-state index contributed by atoms with van der Waals surface area (Å²) in [6, 6.07) is 45.9. The maximum atomic E-state index is 6.27. The molecule has 2 nitrogen and oxygen atoms in total. The molecule has 1 aromatic heterocycles. The zero-order chi connectivity index (χ0) is 26.1. The number of anilines is 3. The van der Waals surface area contributed by atoms with Gasteiger partial charge in [0.25, 0.3) is 0 Å². The molecule has 186 valence electrons. The summed E-state index contributed by atoms with van der Waals surface area (Å²) >= 11 is 0. The quantitative estimate of drug-likeness (QED) is 0.234. The summed E-state index contributed by atoms with van der Waals surface area (Å²) in [5.41, 5.74) is 10.4. The molecule has 0 aliphatic carbocycles. The molecule has 2 heterocycles. The van der Waals surface area contributed by atoms with E-state index in [1.165, 1.54) is 50.1 Å². The fraction of sp³-hybridized carbons (Fsp3) is 0.0811. The summed E-state index contributed by atoms with van der Waals surface area (Å²) < 4.78 is 6.27. The van der Waals surface area contributed by atoms with E-state index in [-0.39, 0.29) is 5.41 Å². The molecule has 8 rings (SSSR count). The summed E-state index contributed by atoms with van der Waals surface area (Å²) in [5, 5.41) is 4.74. The lowest BCUT2D eigenvalue weighted by molar-refractivity contribution is 0.632. The molecular weight excluding hydrogens is 474 g/mol. The molecule has 0 fully saturated rings. The van der Waals surface area contributed by atoms with Crippen LogP contribution in [0.1, 0.15) is 25.0 Å². The average Bonchev–Trinajstić information content (AvgIpc) is 3.33. The van der Waals surface area contributed by atoms with Gasteiger partial charge in [-0.25, -0.2) is 0 Å². The fourth-order valence-corrected chi connectivity index (χ4v) is 6.38. The van der Waals surface area contributed by atoms with Crippen LogP contribution in [0.5, 0.6) is 0 Å². The molecule has 0 saturated carbocycles. The van der Waals surface area contributed by atoms with Gasteiger partial charge in [-0.2, -0.15) is 0 Å². The first kappa shape index (κ1) is 22.2. The zero-order valence-corrected chi connectivity index (χ0v) is 22.0. The van der Waals surface area contributed by atoms with Crippen LogP contribution in [0.25, 0.3) is 43.8 Å². The van der Waals surface area contributed by atoms with Crippen molar-refractivity contribution in [3.63, 3.8) is 0 Å². The molecule has 0 N–H and O–H groups in total. The van der Waals surface area contributed by atoms with Gasteiger partial charge in [0.05, 0.1) is 11.4 Å². The first-order valence-electron chi connectivity index (χ1n) is 13.5. The largest absolute Gasteiger partial charge is 0.456 e. The Morgan fingerprint density at radius 2 is 1.15 bits per heavy atom. The number of rotatable bonds is 2. The predicted molar refractivity (Wildman–Crippen MR) is 163 cm³/mol. The van der Waals surface area contributed by atoms with E-state index in [0.717, 1.165) is 21.9 Å². The lowest BCUT2D eigenvalue weighted by Gasteiger charge is -2.42. The van der Waals surface area contributed by atoms with Gasteiger partial charge in [0, 0.05) is 21.9 Å². The van der Waals surface area contributed by atoms with E-state index >= 15 is 0 Å². The Labute approximate surface area is 227 Å². The average molecular weight is 502 g/mol. The van der Waals surface area contributed by atoms with Crippen LogP contribution in [0, 0.1) is 0 Å². The van der Waals surface area contributed by atoms with Gasteiger partial charge in [-0.05, 0) is 87.6 Å². The third-order valence-corrected chi connectivity index (χ3v) is 8.41. The zero-order valence-electron chi connectivity index (χ0n) is 22.0. The Balaban J connectivity index is 1.32. The van der Waals surface area contributed by atoms with Gasteiger partial charge >= 0.3 is 0 Å². The van der Waals surface area contributed by atoms with Crippen molar-refractivity contribution in [1.29, 1.82) is 0 Å². The minimum Gasteiger partial charge on any atom is -0.456 e. The summed E-state index contributed by atoms with van der Waals surface area (Å²) in [6.45, 7) is 4.68. The van der Waals surface area contributed by atoms with E-state index in [4.69, 9.17) is 4.42 Å². The molecule has 1 aliphatic rings. The highest BCUT2D eigenvalue weighted by Crippen LogP contribution is 2.52. The molecule has 0 saturated heterocycles. The minimum atomic E-state index is -0.140. The summed E-state index contributed by atoms with van der Waals surface area (Å²) in [5.74, 6) is 0. The highest BCUT2D eigenvalue weighted by atomic mass is 16.3. The molecule has 0 amide bonds. The van der Waals surface area contributed by atoms with Crippen molar-refractivity contribution >= 4 is 49.8 Å². The number of furan rings is 1. The number of benzene rings is 6. The molecular formula is C37H27NO. The molecule has 39 heavy (non-hydrogen) atoms. The Hall–Kier alpha value is -4.82. The van der Waals surface area contributed by atoms with Crippen LogP contribution >= 0.6 is 0 Å². The van der Waals surface area contributed by atoms with Gasteiger partial charge in [0.15, 0.2) is 0 Å². The number of hydrogen-bond donors (Lipinski definition) is 0. The van der Waals surface area contributed by atoms with Crippen LogP contribution in [-0.4, -0.2) is 0 Å². The Morgan fingerprint density at radius 3 is 2.00 bits per heavy atom. The van der Waals surface area contributed by atoms with Crippen LogP contribution < -0.4 is 4.90 Å². The van der Waals surface area contributed by atoms with Crippen molar-refractivity contribution in [3.8, 4) is 11.1 Å². The highest BCUT2D eigenvalue weighted by Gasteiger charge is 2.36. The third kappa shape index (κ3) is 3.28. The molecule has 6 aromatic carbocycles. The number of para-hydroxylation sites is 2. The SMILES string of the molecule is CC1(C)c2ccccc2N(c2ccccc2)c2ccc(-c3ccc4oc5cc6ccccc6cc5c4c3)cc21. The van der Waals surface area contributed by atoms with Crippen LogP contribution in [0.4, 0.5) is 17.1 Å². The molecule has 0 spiro atoms. The summed E-state index contributed by atoms with van der Waals surface area (Å²) in [6.07, 6.45) is 0. The Bertz CT molecular complexity index is 2050. The summed E-state index contributed by atoms with van der Waals surface area (Å²) in [4.78, 5) is 2.40. The lowest BCUT2D eigenvalue weighted by Crippen LogP contribution is -2.30. The number of hydrogen-bond acceptors (Lipinski definition) is 2. The maximum Gasteiger partial charge on any atom is 0.136 e. The van der Waals surface area contributed by atoms with Gasteiger partial charge in [0.2, 0.25) is 0 Å². The van der Waals surface area contributed by atoms with E-state index in [0.29, 0.717) is 0 Å². The smallest absolute Gasteiger partial charge is 0.136 e. The third-order valence-electron chi connectivity index (χ3n) is 8.41. The van der Waals surface area contributed by atoms with E-state index in [9.17, 15) is 0 Å². The van der Waals surface area contributed by atoms with Crippen molar-refractivity contribution in [1.82, 2.24) is 0 Å². The van der Waals surface area contributed by atoms with Crippen LogP contribution in [-0.2, 0) is 5.41 Å². The van der Waals surface area contributed by atoms with Crippen molar-refractivity contribution < 1.29 is 4.42 Å². The highest BCUT2D eigenvalue weighted by molar-refractivity contribution is 6.11. The second kappa shape index (κ2) is 8.09. The molecule has 2 heteroatoms. The molecule has 0 atom stereocenters. The van der Waals surface area contributed by atoms with Gasteiger partial charge in [-0.3, -0.25) is 0 Å². The second-order valence-corrected chi connectivity index (χ2v) is 11.1. The first-order valence-corrected chi connectivity index (χ1v) is 13.5. The standard InChI is InChI=1S/C37H27NO/c1-37(2)31-14-8-9-15-33(31)38(28-12-4-3-5-13-28)34-18-16-27(22-32(34)37)26-17-19-35-29(21-26)30-20-24-10-6-7-11-25(24)23-36(30)39-35/h3-23H,1-2H3. The van der Waals surface area contributed by atoms with Crippen molar-refractivity contribution in [2.24, 2.45) is 0 Å². The van der Waals surface area contributed by atoms with Crippen LogP contribution in [0.2, 0.25) is 0 Å². The van der Waals surface area contributed by atoms with Crippen molar-refractivity contribution in [3.05, 3.63) is 139 Å². The maximum absolute atomic E-state index is 6.27. The molecule has 0 unspecified atom stereocenters. The Morgan fingerprint density at radius 1 is 0.513 bits per heavy atom. The molecule has 7 aromatic rings. The van der Waals surface area contributed by atoms with Gasteiger partial charge in [-0.1, -0.05) is 86.6 Å². The number of nitrogens with zero attached hydrogens (tertiary/aromatic N) is 1. The van der Waals surface area contributed by atoms with E-state index in [1.807, 2.05) is 0 Å². The summed E-state index contributed by atoms with van der Waals surface area (Å²) in [7, 11) is 0. The molecule has 1 aliphatic heterocycles. The van der Waals surface area contributed by atoms with Crippen LogP contribution in [0.3, 0.4) is 0 Å². The van der Waals surface area contributed by atoms with Crippen molar-refractivity contribution in [2.75, 3.05) is 4.90 Å². The van der Waals surface area contributed by atoms with Gasteiger partial charge in [-0.15, -0.1) is 0 Å².